The van der Waals surface area contributed by atoms with Gasteiger partial charge in [0, 0.05) is 11.1 Å². The van der Waals surface area contributed by atoms with Gasteiger partial charge in [0.25, 0.3) is 0 Å². The molecule has 0 bridgehead atoms. The third-order valence-corrected chi connectivity index (χ3v) is 3.74. The summed E-state index contributed by atoms with van der Waals surface area (Å²) >= 11 is 6.04. The molecule has 2 aromatic carbocycles. The molecule has 2 heteroatoms. The molecule has 1 N–H and O–H groups in total. The van der Waals surface area contributed by atoms with Gasteiger partial charge in [-0.3, -0.25) is 0 Å². The van der Waals surface area contributed by atoms with Crippen LogP contribution in [-0.2, 0) is 12.8 Å². The van der Waals surface area contributed by atoms with Gasteiger partial charge in [0.15, 0.2) is 0 Å². The third kappa shape index (κ3) is 4.09. The van der Waals surface area contributed by atoms with Crippen molar-refractivity contribution in [2.75, 3.05) is 7.05 Å². The minimum Gasteiger partial charge on any atom is -0.316 e. The van der Waals surface area contributed by atoms with Crippen LogP contribution in [0, 0.1) is 6.92 Å². The molecule has 1 unspecified atom stereocenters. The van der Waals surface area contributed by atoms with Crippen LogP contribution in [0.15, 0.2) is 48.5 Å². The van der Waals surface area contributed by atoms with Crippen LogP contribution >= 0.6 is 11.6 Å². The summed E-state index contributed by atoms with van der Waals surface area (Å²) in [5, 5.41) is 4.21. The molecule has 0 saturated carbocycles. The highest BCUT2D eigenvalue weighted by molar-refractivity contribution is 6.30. The van der Waals surface area contributed by atoms with Gasteiger partial charge in [0.05, 0.1) is 0 Å². The molecule has 0 heterocycles. The Morgan fingerprint density at radius 3 is 2.53 bits per heavy atom. The van der Waals surface area contributed by atoms with E-state index in [2.05, 4.69) is 42.6 Å². The molecule has 1 nitrogen and oxygen atoms in total. The van der Waals surface area contributed by atoms with Gasteiger partial charge in [-0.05, 0) is 55.6 Å². The van der Waals surface area contributed by atoms with E-state index in [9.17, 15) is 0 Å². The monoisotopic (exact) mass is 273 g/mol. The Bertz CT molecular complexity index is 536. The number of hydrogen-bond donors (Lipinski definition) is 1. The van der Waals surface area contributed by atoms with Crippen molar-refractivity contribution in [3.05, 3.63) is 70.2 Å². The van der Waals surface area contributed by atoms with Crippen molar-refractivity contribution in [2.24, 2.45) is 0 Å². The quantitative estimate of drug-likeness (QED) is 0.868. The van der Waals surface area contributed by atoms with Gasteiger partial charge in [0.2, 0.25) is 0 Å². The molecule has 2 rings (SSSR count). The van der Waals surface area contributed by atoms with Crippen LogP contribution in [0.2, 0.25) is 5.02 Å². The van der Waals surface area contributed by atoms with Crippen molar-refractivity contribution in [1.29, 1.82) is 0 Å². The third-order valence-electron chi connectivity index (χ3n) is 3.51. The van der Waals surface area contributed by atoms with Crippen molar-refractivity contribution in [3.63, 3.8) is 0 Å². The standard InChI is InChI=1S/C17H20ClN/c1-13-6-3-4-8-15(13)12-17(19-2)11-14-7-5-9-16(18)10-14/h3-10,17,19H,11-12H2,1-2H3. The maximum atomic E-state index is 6.04. The molecule has 0 saturated heterocycles. The molecule has 2 aromatic rings. The van der Waals surface area contributed by atoms with Crippen LogP contribution in [0.1, 0.15) is 16.7 Å². The maximum absolute atomic E-state index is 6.04. The first kappa shape index (κ1) is 14.1. The van der Waals surface area contributed by atoms with Crippen LogP contribution in [0.3, 0.4) is 0 Å². The first-order valence-electron chi connectivity index (χ1n) is 6.65. The molecule has 0 fully saturated rings. The molecular weight excluding hydrogens is 254 g/mol. The van der Waals surface area contributed by atoms with E-state index in [1.54, 1.807) is 0 Å². The normalized spacial score (nSPS) is 12.4. The Morgan fingerprint density at radius 1 is 1.05 bits per heavy atom. The van der Waals surface area contributed by atoms with E-state index in [0.29, 0.717) is 6.04 Å². The lowest BCUT2D eigenvalue weighted by atomic mass is 9.96. The average Bonchev–Trinajstić information content (AvgIpc) is 2.40. The summed E-state index contributed by atoms with van der Waals surface area (Å²) < 4.78 is 0. The first-order chi connectivity index (χ1) is 9.19. The molecular formula is C17H20ClN. The summed E-state index contributed by atoms with van der Waals surface area (Å²) in [4.78, 5) is 0. The molecule has 1 atom stereocenters. The van der Waals surface area contributed by atoms with Gasteiger partial charge in [-0.1, -0.05) is 48.0 Å². The SMILES string of the molecule is CNC(Cc1cccc(Cl)c1)Cc1ccccc1C. The molecule has 100 valence electrons. The fourth-order valence-electron chi connectivity index (χ4n) is 2.33. The molecule has 0 spiro atoms. The number of benzene rings is 2. The topological polar surface area (TPSA) is 12.0 Å². The zero-order valence-corrected chi connectivity index (χ0v) is 12.2. The van der Waals surface area contributed by atoms with E-state index in [1.165, 1.54) is 16.7 Å². The summed E-state index contributed by atoms with van der Waals surface area (Å²) in [7, 11) is 2.02. The highest BCUT2D eigenvalue weighted by Gasteiger charge is 2.10. The number of hydrogen-bond acceptors (Lipinski definition) is 1. The minimum atomic E-state index is 0.430. The fraction of sp³-hybridized carbons (Fsp3) is 0.294. The predicted octanol–water partition coefficient (Wildman–Crippen LogP) is 4.02. The Morgan fingerprint density at radius 2 is 1.84 bits per heavy atom. The second-order valence-corrected chi connectivity index (χ2v) is 5.39. The number of rotatable bonds is 5. The van der Waals surface area contributed by atoms with Crippen LogP contribution in [-0.4, -0.2) is 13.1 Å². The maximum Gasteiger partial charge on any atom is 0.0408 e. The second-order valence-electron chi connectivity index (χ2n) is 4.95. The Hall–Kier alpha value is -1.31. The van der Waals surface area contributed by atoms with E-state index < -0.39 is 0 Å². The van der Waals surface area contributed by atoms with Crippen molar-refractivity contribution >= 4 is 11.6 Å². The second kappa shape index (κ2) is 6.74. The molecule has 0 aromatic heterocycles. The van der Waals surface area contributed by atoms with Crippen LogP contribution in [0.4, 0.5) is 0 Å². The Kier molecular flexibility index (Phi) is 5.00. The molecule has 0 aliphatic rings. The number of likely N-dealkylation sites (N-methyl/N-ethyl adjacent to an activating group) is 1. The van der Waals surface area contributed by atoms with Crippen molar-refractivity contribution in [1.82, 2.24) is 5.32 Å². The van der Waals surface area contributed by atoms with E-state index >= 15 is 0 Å². The highest BCUT2D eigenvalue weighted by Crippen LogP contribution is 2.15. The number of halogens is 1. The number of nitrogens with one attached hydrogen (secondary N) is 1. The lowest BCUT2D eigenvalue weighted by Crippen LogP contribution is -2.30. The smallest absolute Gasteiger partial charge is 0.0408 e. The van der Waals surface area contributed by atoms with E-state index in [-0.39, 0.29) is 0 Å². The van der Waals surface area contributed by atoms with Crippen molar-refractivity contribution in [3.8, 4) is 0 Å². The Labute approximate surface area is 120 Å². The van der Waals surface area contributed by atoms with Crippen molar-refractivity contribution < 1.29 is 0 Å². The largest absolute Gasteiger partial charge is 0.316 e. The van der Waals surface area contributed by atoms with Gasteiger partial charge >= 0.3 is 0 Å². The summed E-state index contributed by atoms with van der Waals surface area (Å²) in [5.41, 5.74) is 4.04. The summed E-state index contributed by atoms with van der Waals surface area (Å²) in [6.45, 7) is 2.17. The summed E-state index contributed by atoms with van der Waals surface area (Å²) in [6, 6.07) is 17.1. The average molecular weight is 274 g/mol. The fourth-order valence-corrected chi connectivity index (χ4v) is 2.54. The lowest BCUT2D eigenvalue weighted by molar-refractivity contribution is 0.555. The zero-order valence-electron chi connectivity index (χ0n) is 11.5. The predicted molar refractivity (Wildman–Crippen MR) is 82.9 cm³/mol. The molecule has 0 amide bonds. The zero-order chi connectivity index (χ0) is 13.7. The summed E-state index contributed by atoms with van der Waals surface area (Å²) in [5.74, 6) is 0. The van der Waals surface area contributed by atoms with E-state index in [4.69, 9.17) is 11.6 Å². The Balaban J connectivity index is 2.07. The van der Waals surface area contributed by atoms with Gasteiger partial charge in [-0.25, -0.2) is 0 Å². The summed E-state index contributed by atoms with van der Waals surface area (Å²) in [6.07, 6.45) is 2.03. The molecule has 0 radical (unpaired) electrons. The van der Waals surface area contributed by atoms with Gasteiger partial charge in [-0.2, -0.15) is 0 Å². The van der Waals surface area contributed by atoms with E-state index in [0.717, 1.165) is 17.9 Å². The molecule has 0 aliphatic carbocycles. The molecule has 19 heavy (non-hydrogen) atoms. The lowest BCUT2D eigenvalue weighted by Gasteiger charge is -2.17. The van der Waals surface area contributed by atoms with Crippen LogP contribution < -0.4 is 5.32 Å². The first-order valence-corrected chi connectivity index (χ1v) is 7.03. The van der Waals surface area contributed by atoms with Gasteiger partial charge < -0.3 is 5.32 Å². The van der Waals surface area contributed by atoms with Crippen LogP contribution in [0.5, 0.6) is 0 Å². The van der Waals surface area contributed by atoms with Crippen molar-refractivity contribution in [2.45, 2.75) is 25.8 Å². The van der Waals surface area contributed by atoms with Crippen LogP contribution in [0.25, 0.3) is 0 Å². The van der Waals surface area contributed by atoms with E-state index in [1.807, 2.05) is 25.2 Å². The van der Waals surface area contributed by atoms with Gasteiger partial charge in [-0.15, -0.1) is 0 Å². The van der Waals surface area contributed by atoms with Gasteiger partial charge in [0.1, 0.15) is 0 Å². The minimum absolute atomic E-state index is 0.430. The molecule has 0 aliphatic heterocycles. The number of aryl methyl sites for hydroxylation is 1. The highest BCUT2D eigenvalue weighted by atomic mass is 35.5.